The maximum absolute atomic E-state index is 12.1. The van der Waals surface area contributed by atoms with Crippen molar-refractivity contribution >= 4 is 29.1 Å². The molecular formula is C22H20ClN3O2. The molecule has 3 rings (SSSR count). The topological polar surface area (TPSA) is 71.1 Å². The van der Waals surface area contributed by atoms with Crippen LogP contribution in [0.2, 0.25) is 5.02 Å². The zero-order valence-corrected chi connectivity index (χ0v) is 15.9. The predicted octanol–water partition coefficient (Wildman–Crippen LogP) is 4.24. The molecule has 142 valence electrons. The second-order valence-corrected chi connectivity index (χ2v) is 6.74. The third-order valence-corrected chi connectivity index (χ3v) is 4.38. The third kappa shape index (κ3) is 5.93. The number of halogens is 1. The van der Waals surface area contributed by atoms with Crippen LogP contribution in [-0.4, -0.2) is 16.8 Å². The average molecular weight is 394 g/mol. The first-order valence-electron chi connectivity index (χ1n) is 8.91. The van der Waals surface area contributed by atoms with Crippen LogP contribution in [0.25, 0.3) is 0 Å². The summed E-state index contributed by atoms with van der Waals surface area (Å²) >= 11 is 5.95. The zero-order valence-electron chi connectivity index (χ0n) is 15.2. The molecule has 0 spiro atoms. The lowest BCUT2D eigenvalue weighted by molar-refractivity contribution is -0.116. The van der Waals surface area contributed by atoms with Gasteiger partial charge in [-0.25, -0.2) is 0 Å². The summed E-state index contributed by atoms with van der Waals surface area (Å²) < 4.78 is 0. The van der Waals surface area contributed by atoms with E-state index in [2.05, 4.69) is 15.6 Å². The van der Waals surface area contributed by atoms with Gasteiger partial charge in [-0.1, -0.05) is 35.9 Å². The molecule has 5 nitrogen and oxygen atoms in total. The van der Waals surface area contributed by atoms with Gasteiger partial charge in [0.25, 0.3) is 5.91 Å². The van der Waals surface area contributed by atoms with Gasteiger partial charge in [0.1, 0.15) is 0 Å². The molecule has 0 aliphatic heterocycles. The van der Waals surface area contributed by atoms with Crippen LogP contribution < -0.4 is 10.6 Å². The zero-order chi connectivity index (χ0) is 19.8. The molecule has 3 aromatic rings. The monoisotopic (exact) mass is 393 g/mol. The van der Waals surface area contributed by atoms with Crippen molar-refractivity contribution in [2.75, 3.05) is 5.32 Å². The lowest BCUT2D eigenvalue weighted by atomic mass is 10.1. The van der Waals surface area contributed by atoms with E-state index in [0.717, 1.165) is 16.8 Å². The molecular weight excluding hydrogens is 374 g/mol. The SMILES string of the molecule is O=C(CCc1cccc(Cl)c1)Nc1ccc(CNC(=O)c2cccnc2)cc1. The van der Waals surface area contributed by atoms with Crippen molar-refractivity contribution in [2.24, 2.45) is 0 Å². The van der Waals surface area contributed by atoms with E-state index >= 15 is 0 Å². The Morgan fingerprint density at radius 3 is 2.50 bits per heavy atom. The number of nitrogens with zero attached hydrogens (tertiary/aromatic N) is 1. The molecule has 2 N–H and O–H groups in total. The first kappa shape index (κ1) is 19.6. The summed E-state index contributed by atoms with van der Waals surface area (Å²) in [6, 6.07) is 18.3. The van der Waals surface area contributed by atoms with E-state index in [9.17, 15) is 9.59 Å². The number of nitrogens with one attached hydrogen (secondary N) is 2. The lowest BCUT2D eigenvalue weighted by Crippen LogP contribution is -2.22. The molecule has 2 aromatic carbocycles. The molecule has 2 amide bonds. The predicted molar refractivity (Wildman–Crippen MR) is 110 cm³/mol. The largest absolute Gasteiger partial charge is 0.348 e. The maximum atomic E-state index is 12.1. The number of rotatable bonds is 7. The van der Waals surface area contributed by atoms with Crippen molar-refractivity contribution in [3.05, 3.63) is 94.8 Å². The van der Waals surface area contributed by atoms with Crippen molar-refractivity contribution in [3.8, 4) is 0 Å². The van der Waals surface area contributed by atoms with Gasteiger partial charge >= 0.3 is 0 Å². The van der Waals surface area contributed by atoms with E-state index in [4.69, 9.17) is 11.6 Å². The molecule has 28 heavy (non-hydrogen) atoms. The Labute approximate surface area is 168 Å². The van der Waals surface area contributed by atoms with Crippen LogP contribution in [0.1, 0.15) is 27.9 Å². The smallest absolute Gasteiger partial charge is 0.253 e. The van der Waals surface area contributed by atoms with Gasteiger partial charge in [-0.2, -0.15) is 0 Å². The van der Waals surface area contributed by atoms with Crippen molar-refractivity contribution < 1.29 is 9.59 Å². The van der Waals surface area contributed by atoms with Gasteiger partial charge in [-0.3, -0.25) is 14.6 Å². The molecule has 0 atom stereocenters. The Morgan fingerprint density at radius 2 is 1.79 bits per heavy atom. The Kier molecular flexibility index (Phi) is 6.76. The standard InChI is InChI=1S/C22H20ClN3O2/c23-19-5-1-3-16(13-19)8-11-21(27)26-20-9-6-17(7-10-20)14-25-22(28)18-4-2-12-24-15-18/h1-7,9-10,12-13,15H,8,11,14H2,(H,25,28)(H,26,27). The molecule has 0 aliphatic rings. The quantitative estimate of drug-likeness (QED) is 0.630. The Balaban J connectivity index is 1.46. The van der Waals surface area contributed by atoms with Gasteiger partial charge < -0.3 is 10.6 Å². The summed E-state index contributed by atoms with van der Waals surface area (Å²) in [5, 5.41) is 6.39. The van der Waals surface area contributed by atoms with E-state index in [1.54, 1.807) is 18.3 Å². The molecule has 0 radical (unpaired) electrons. The van der Waals surface area contributed by atoms with Gasteiger partial charge in [-0.15, -0.1) is 0 Å². The van der Waals surface area contributed by atoms with E-state index in [0.29, 0.717) is 30.0 Å². The van der Waals surface area contributed by atoms with Crippen LogP contribution in [-0.2, 0) is 17.8 Å². The maximum Gasteiger partial charge on any atom is 0.253 e. The van der Waals surface area contributed by atoms with E-state index in [1.165, 1.54) is 6.20 Å². The lowest BCUT2D eigenvalue weighted by Gasteiger charge is -2.08. The second-order valence-electron chi connectivity index (χ2n) is 6.30. The van der Waals surface area contributed by atoms with Gasteiger partial charge in [0, 0.05) is 36.1 Å². The Hall–Kier alpha value is -3.18. The number of carbonyl (C=O) groups is 2. The number of benzene rings is 2. The van der Waals surface area contributed by atoms with Gasteiger partial charge in [0.05, 0.1) is 5.56 Å². The molecule has 0 saturated carbocycles. The Morgan fingerprint density at radius 1 is 0.964 bits per heavy atom. The van der Waals surface area contributed by atoms with E-state index in [1.807, 2.05) is 48.5 Å². The van der Waals surface area contributed by atoms with Crippen LogP contribution in [0.5, 0.6) is 0 Å². The minimum Gasteiger partial charge on any atom is -0.348 e. The van der Waals surface area contributed by atoms with Crippen LogP contribution in [0, 0.1) is 0 Å². The normalized spacial score (nSPS) is 10.3. The number of carbonyl (C=O) groups excluding carboxylic acids is 2. The van der Waals surface area contributed by atoms with Crippen molar-refractivity contribution in [1.82, 2.24) is 10.3 Å². The second kappa shape index (κ2) is 9.67. The summed E-state index contributed by atoms with van der Waals surface area (Å²) in [5.74, 6) is -0.232. The van der Waals surface area contributed by atoms with E-state index < -0.39 is 0 Å². The third-order valence-electron chi connectivity index (χ3n) is 4.14. The molecule has 0 unspecified atom stereocenters. The fraction of sp³-hybridized carbons (Fsp3) is 0.136. The van der Waals surface area contributed by atoms with Crippen molar-refractivity contribution in [2.45, 2.75) is 19.4 Å². The van der Waals surface area contributed by atoms with Gasteiger partial charge in [0.15, 0.2) is 0 Å². The highest BCUT2D eigenvalue weighted by Crippen LogP contribution is 2.14. The summed E-state index contributed by atoms with van der Waals surface area (Å²) in [6.07, 6.45) is 4.16. The average Bonchev–Trinajstić information content (AvgIpc) is 2.72. The first-order valence-corrected chi connectivity index (χ1v) is 9.29. The number of hydrogen-bond acceptors (Lipinski definition) is 3. The molecule has 1 heterocycles. The van der Waals surface area contributed by atoms with Crippen molar-refractivity contribution in [1.29, 1.82) is 0 Å². The number of aryl methyl sites for hydroxylation is 1. The number of aromatic nitrogens is 1. The number of pyridine rings is 1. The minimum absolute atomic E-state index is 0.0578. The molecule has 0 saturated heterocycles. The van der Waals surface area contributed by atoms with Crippen LogP contribution in [0.4, 0.5) is 5.69 Å². The number of anilines is 1. The summed E-state index contributed by atoms with van der Waals surface area (Å²) in [4.78, 5) is 28.1. The van der Waals surface area contributed by atoms with Crippen LogP contribution >= 0.6 is 11.6 Å². The van der Waals surface area contributed by atoms with Crippen molar-refractivity contribution in [3.63, 3.8) is 0 Å². The van der Waals surface area contributed by atoms with Gasteiger partial charge in [0.2, 0.25) is 5.91 Å². The summed E-state index contributed by atoms with van der Waals surface area (Å²) in [7, 11) is 0. The fourth-order valence-corrected chi connectivity index (χ4v) is 2.87. The first-order chi connectivity index (χ1) is 13.6. The highest BCUT2D eigenvalue weighted by Gasteiger charge is 2.06. The molecule has 1 aromatic heterocycles. The highest BCUT2D eigenvalue weighted by molar-refractivity contribution is 6.30. The van der Waals surface area contributed by atoms with Crippen LogP contribution in [0.15, 0.2) is 73.1 Å². The summed E-state index contributed by atoms with van der Waals surface area (Å²) in [5.41, 5.74) is 3.21. The molecule has 0 bridgehead atoms. The molecule has 0 fully saturated rings. The fourth-order valence-electron chi connectivity index (χ4n) is 2.66. The minimum atomic E-state index is -0.175. The summed E-state index contributed by atoms with van der Waals surface area (Å²) in [6.45, 7) is 0.400. The number of hydrogen-bond donors (Lipinski definition) is 2. The van der Waals surface area contributed by atoms with Crippen LogP contribution in [0.3, 0.4) is 0 Å². The highest BCUT2D eigenvalue weighted by atomic mass is 35.5. The molecule has 6 heteroatoms. The Bertz CT molecular complexity index is 944. The number of amides is 2. The van der Waals surface area contributed by atoms with Gasteiger partial charge in [-0.05, 0) is 53.9 Å². The van der Waals surface area contributed by atoms with E-state index in [-0.39, 0.29) is 11.8 Å². The molecule has 0 aliphatic carbocycles.